The molecule has 0 bridgehead atoms. The van der Waals surface area contributed by atoms with Crippen LogP contribution >= 0.6 is 0 Å². The van der Waals surface area contributed by atoms with Crippen LogP contribution in [0.15, 0.2) is 78.9 Å². The minimum atomic E-state index is -1.02. The van der Waals surface area contributed by atoms with Crippen molar-refractivity contribution in [1.29, 1.82) is 0 Å². The van der Waals surface area contributed by atoms with Crippen molar-refractivity contribution in [2.24, 2.45) is 0 Å². The minimum absolute atomic E-state index is 0.195. The van der Waals surface area contributed by atoms with Gasteiger partial charge in [-0.05, 0) is 112 Å². The maximum Gasteiger partial charge on any atom is 0.338 e. The van der Waals surface area contributed by atoms with Gasteiger partial charge in [-0.25, -0.2) is 14.4 Å². The van der Waals surface area contributed by atoms with E-state index in [2.05, 4.69) is 0 Å². The standard InChI is InChI=1S/C36H40O8/c37-34(26-10-4-1-5-11-26)40-24-33(44-36(39)28-18-22-32(23-19-28)43-30-14-8-3-9-15-30)25-41-35(38)27-16-20-31(21-17-27)42-29-12-6-2-7-13-29/h1,4-5,10-11,16-23,29-30,33H,2-3,6-9,12-15,24-25H2. The molecule has 0 radical (unpaired) electrons. The van der Waals surface area contributed by atoms with E-state index in [-0.39, 0.29) is 25.4 Å². The van der Waals surface area contributed by atoms with Crippen molar-refractivity contribution in [3.63, 3.8) is 0 Å². The molecule has 5 rings (SSSR count). The Labute approximate surface area is 258 Å². The maximum atomic E-state index is 13.0. The third kappa shape index (κ3) is 9.33. The number of benzene rings is 3. The fourth-order valence-corrected chi connectivity index (χ4v) is 5.50. The number of esters is 3. The first-order valence-electron chi connectivity index (χ1n) is 15.7. The average molecular weight is 601 g/mol. The number of carbonyl (C=O) groups excluding carboxylic acids is 3. The molecule has 2 fully saturated rings. The second kappa shape index (κ2) is 15.9. The van der Waals surface area contributed by atoms with Gasteiger partial charge in [-0.1, -0.05) is 31.0 Å². The summed E-state index contributed by atoms with van der Waals surface area (Å²) in [5.74, 6) is -0.381. The smallest absolute Gasteiger partial charge is 0.338 e. The molecule has 1 atom stereocenters. The van der Waals surface area contributed by atoms with Gasteiger partial charge in [0.25, 0.3) is 0 Å². The zero-order valence-electron chi connectivity index (χ0n) is 25.0. The van der Waals surface area contributed by atoms with Crippen LogP contribution in [-0.4, -0.2) is 49.4 Å². The van der Waals surface area contributed by atoms with E-state index in [1.165, 1.54) is 25.7 Å². The zero-order valence-corrected chi connectivity index (χ0v) is 25.0. The van der Waals surface area contributed by atoms with Crippen LogP contribution in [0.3, 0.4) is 0 Å². The van der Waals surface area contributed by atoms with Crippen molar-refractivity contribution in [2.75, 3.05) is 13.2 Å². The van der Waals surface area contributed by atoms with Gasteiger partial charge >= 0.3 is 17.9 Å². The Kier molecular flexibility index (Phi) is 11.3. The zero-order chi connectivity index (χ0) is 30.6. The SMILES string of the molecule is O=C(OCC(COC(=O)c1ccc(OC2CCCCC2)cc1)OC(=O)c1ccc(OC2CCCCC2)cc1)c1ccccc1. The molecule has 0 aromatic heterocycles. The number of ether oxygens (including phenoxy) is 5. The second-order valence-electron chi connectivity index (χ2n) is 11.4. The molecule has 232 valence electrons. The lowest BCUT2D eigenvalue weighted by Gasteiger charge is -2.23. The molecule has 0 aliphatic heterocycles. The third-order valence-electron chi connectivity index (χ3n) is 7.97. The van der Waals surface area contributed by atoms with Crippen LogP contribution in [0, 0.1) is 0 Å². The maximum absolute atomic E-state index is 13.0. The molecule has 0 N–H and O–H groups in total. The topological polar surface area (TPSA) is 97.4 Å². The molecule has 2 aliphatic rings. The number of hydrogen-bond acceptors (Lipinski definition) is 8. The first-order valence-corrected chi connectivity index (χ1v) is 15.7. The van der Waals surface area contributed by atoms with Gasteiger partial charge in [0.1, 0.15) is 24.7 Å². The van der Waals surface area contributed by atoms with E-state index in [4.69, 9.17) is 23.7 Å². The highest BCUT2D eigenvalue weighted by Crippen LogP contribution is 2.25. The Morgan fingerprint density at radius 1 is 0.523 bits per heavy atom. The number of rotatable bonds is 12. The third-order valence-corrected chi connectivity index (χ3v) is 7.97. The predicted molar refractivity (Wildman–Crippen MR) is 164 cm³/mol. The molecule has 8 heteroatoms. The highest BCUT2D eigenvalue weighted by atomic mass is 16.6. The summed E-state index contributed by atoms with van der Waals surface area (Å²) in [6, 6.07) is 22.1. The molecular weight excluding hydrogens is 560 g/mol. The number of carbonyl (C=O) groups is 3. The first-order chi connectivity index (χ1) is 21.5. The largest absolute Gasteiger partial charge is 0.490 e. The van der Waals surface area contributed by atoms with E-state index < -0.39 is 24.0 Å². The molecule has 8 nitrogen and oxygen atoms in total. The van der Waals surface area contributed by atoms with Gasteiger partial charge in [0.2, 0.25) is 0 Å². The van der Waals surface area contributed by atoms with E-state index in [9.17, 15) is 14.4 Å². The van der Waals surface area contributed by atoms with Crippen LogP contribution in [-0.2, 0) is 14.2 Å². The van der Waals surface area contributed by atoms with Gasteiger partial charge in [0.05, 0.1) is 28.9 Å². The molecule has 0 saturated heterocycles. The number of hydrogen-bond donors (Lipinski definition) is 0. The summed E-state index contributed by atoms with van der Waals surface area (Å²) < 4.78 is 28.7. The summed E-state index contributed by atoms with van der Waals surface area (Å²) in [4.78, 5) is 38.4. The lowest BCUT2D eigenvalue weighted by molar-refractivity contribution is -0.0253. The van der Waals surface area contributed by atoms with Gasteiger partial charge in [-0.3, -0.25) is 0 Å². The summed E-state index contributed by atoms with van der Waals surface area (Å²) in [6.07, 6.45) is 10.7. The molecule has 44 heavy (non-hydrogen) atoms. The van der Waals surface area contributed by atoms with Crippen molar-refractivity contribution in [1.82, 2.24) is 0 Å². The van der Waals surface area contributed by atoms with Crippen LogP contribution in [0.4, 0.5) is 0 Å². The molecule has 3 aromatic carbocycles. The normalized spacial score (nSPS) is 16.4. The van der Waals surface area contributed by atoms with Crippen molar-refractivity contribution in [2.45, 2.75) is 82.5 Å². The van der Waals surface area contributed by atoms with Crippen molar-refractivity contribution in [3.8, 4) is 11.5 Å². The second-order valence-corrected chi connectivity index (χ2v) is 11.4. The molecule has 0 spiro atoms. The van der Waals surface area contributed by atoms with Gasteiger partial charge in [-0.15, -0.1) is 0 Å². The minimum Gasteiger partial charge on any atom is -0.490 e. The van der Waals surface area contributed by atoms with E-state index in [0.717, 1.165) is 38.5 Å². The Balaban J connectivity index is 1.18. The van der Waals surface area contributed by atoms with Crippen molar-refractivity contribution < 1.29 is 38.1 Å². The Bertz CT molecular complexity index is 1340. The quantitative estimate of drug-likeness (QED) is 0.157. The predicted octanol–water partition coefficient (Wildman–Crippen LogP) is 7.35. The monoisotopic (exact) mass is 600 g/mol. The van der Waals surface area contributed by atoms with E-state index in [0.29, 0.717) is 28.2 Å². The molecule has 2 saturated carbocycles. The van der Waals surface area contributed by atoms with Gasteiger partial charge in [-0.2, -0.15) is 0 Å². The van der Waals surface area contributed by atoms with Crippen molar-refractivity contribution in [3.05, 3.63) is 95.6 Å². The fourth-order valence-electron chi connectivity index (χ4n) is 5.50. The van der Waals surface area contributed by atoms with Crippen LogP contribution in [0.2, 0.25) is 0 Å². The molecule has 2 aliphatic carbocycles. The summed E-state index contributed by atoms with van der Waals surface area (Å²) in [5, 5.41) is 0. The van der Waals surface area contributed by atoms with E-state index >= 15 is 0 Å². The van der Waals surface area contributed by atoms with E-state index in [1.54, 1.807) is 78.9 Å². The van der Waals surface area contributed by atoms with Crippen LogP contribution < -0.4 is 9.47 Å². The summed E-state index contributed by atoms with van der Waals surface area (Å²) in [6.45, 7) is -0.584. The Morgan fingerprint density at radius 2 is 0.932 bits per heavy atom. The lowest BCUT2D eigenvalue weighted by Crippen LogP contribution is -2.31. The Hall–Kier alpha value is -4.33. The van der Waals surface area contributed by atoms with Crippen LogP contribution in [0.25, 0.3) is 0 Å². The van der Waals surface area contributed by atoms with Crippen LogP contribution in [0.5, 0.6) is 11.5 Å². The summed E-state index contributed by atoms with van der Waals surface area (Å²) >= 11 is 0. The Morgan fingerprint density at radius 3 is 1.39 bits per heavy atom. The first kappa shape index (κ1) is 31.1. The molecule has 0 amide bonds. The highest BCUT2D eigenvalue weighted by molar-refractivity contribution is 5.91. The van der Waals surface area contributed by atoms with Gasteiger partial charge in [0.15, 0.2) is 6.10 Å². The fraction of sp³-hybridized carbons (Fsp3) is 0.417. The van der Waals surface area contributed by atoms with E-state index in [1.807, 2.05) is 0 Å². The van der Waals surface area contributed by atoms with Crippen molar-refractivity contribution >= 4 is 17.9 Å². The molecule has 1 unspecified atom stereocenters. The van der Waals surface area contributed by atoms with Gasteiger partial charge < -0.3 is 23.7 Å². The highest BCUT2D eigenvalue weighted by Gasteiger charge is 2.22. The van der Waals surface area contributed by atoms with Crippen LogP contribution in [0.1, 0.15) is 95.3 Å². The average Bonchev–Trinajstić information content (AvgIpc) is 3.07. The summed E-state index contributed by atoms with van der Waals surface area (Å²) in [5.41, 5.74) is 1.000. The molecule has 0 heterocycles. The molecular formula is C36H40O8. The van der Waals surface area contributed by atoms with Gasteiger partial charge in [0, 0.05) is 0 Å². The lowest BCUT2D eigenvalue weighted by atomic mass is 9.98. The summed E-state index contributed by atoms with van der Waals surface area (Å²) in [7, 11) is 0. The molecule has 3 aromatic rings.